The van der Waals surface area contributed by atoms with Crippen LogP contribution < -0.4 is 4.74 Å². The van der Waals surface area contributed by atoms with E-state index in [1.54, 1.807) is 25.1 Å². The number of methoxy groups -OCH3 is 1. The molecule has 0 unspecified atom stereocenters. The number of aromatic nitrogens is 3. The van der Waals surface area contributed by atoms with Crippen LogP contribution in [0.3, 0.4) is 0 Å². The van der Waals surface area contributed by atoms with Gasteiger partial charge in [0, 0.05) is 5.75 Å². The van der Waals surface area contributed by atoms with E-state index in [-0.39, 0.29) is 0 Å². The van der Waals surface area contributed by atoms with Gasteiger partial charge in [0.2, 0.25) is 5.82 Å². The number of hydrogen-bond acceptors (Lipinski definition) is 5. The number of benzene rings is 2. The zero-order valence-corrected chi connectivity index (χ0v) is 15.9. The summed E-state index contributed by atoms with van der Waals surface area (Å²) < 4.78 is 12.9. The minimum absolute atomic E-state index is 0.694. The molecule has 0 N–H and O–H groups in total. The number of nitrogens with zero attached hydrogens (tertiary/aromatic N) is 3. The minimum Gasteiger partial charge on any atom is -0.497 e. The van der Waals surface area contributed by atoms with E-state index < -0.39 is 0 Å². The van der Waals surface area contributed by atoms with E-state index in [1.807, 2.05) is 42.5 Å². The van der Waals surface area contributed by atoms with Gasteiger partial charge >= 0.3 is 0 Å². The molecule has 4 rings (SSSR count). The largest absolute Gasteiger partial charge is 0.497 e. The molecule has 2 heterocycles. The number of para-hydroxylation sites is 1. The maximum atomic E-state index is 5.58. The average molecular weight is 377 g/mol. The van der Waals surface area contributed by atoms with Gasteiger partial charge in [-0.3, -0.25) is 4.57 Å². The Labute approximate surface area is 162 Å². The monoisotopic (exact) mass is 377 g/mol. The second-order valence-corrected chi connectivity index (χ2v) is 6.99. The fourth-order valence-corrected chi connectivity index (χ4v) is 3.76. The maximum Gasteiger partial charge on any atom is 0.205 e. The average Bonchev–Trinajstić information content (AvgIpc) is 3.36. The van der Waals surface area contributed by atoms with Crippen LogP contribution in [0.1, 0.15) is 11.1 Å². The molecule has 0 amide bonds. The Morgan fingerprint density at radius 3 is 2.70 bits per heavy atom. The third-order valence-corrected chi connectivity index (χ3v) is 5.23. The van der Waals surface area contributed by atoms with E-state index in [0.29, 0.717) is 11.6 Å². The van der Waals surface area contributed by atoms with Gasteiger partial charge in [0.25, 0.3) is 0 Å². The summed E-state index contributed by atoms with van der Waals surface area (Å²) in [7, 11) is 1.68. The summed E-state index contributed by atoms with van der Waals surface area (Å²) in [4.78, 5) is 0. The van der Waals surface area contributed by atoms with Crippen LogP contribution in [-0.4, -0.2) is 21.9 Å². The van der Waals surface area contributed by atoms with Crippen LogP contribution in [0.4, 0.5) is 0 Å². The van der Waals surface area contributed by atoms with E-state index in [2.05, 4.69) is 39.9 Å². The highest BCUT2D eigenvalue weighted by Gasteiger charge is 2.19. The lowest BCUT2D eigenvalue weighted by atomic mass is 10.2. The summed E-state index contributed by atoms with van der Waals surface area (Å²) in [6.45, 7) is 2.08. The van der Waals surface area contributed by atoms with Crippen LogP contribution in [0.25, 0.3) is 17.3 Å². The number of thioether (sulfide) groups is 1. The summed E-state index contributed by atoms with van der Waals surface area (Å²) in [6, 6.07) is 20.0. The van der Waals surface area contributed by atoms with Crippen molar-refractivity contribution in [2.24, 2.45) is 0 Å². The number of ether oxygens (including phenoxy) is 1. The molecule has 0 aliphatic heterocycles. The molecule has 6 heteroatoms. The van der Waals surface area contributed by atoms with Gasteiger partial charge in [-0.2, -0.15) is 0 Å². The van der Waals surface area contributed by atoms with Crippen LogP contribution in [0.2, 0.25) is 0 Å². The van der Waals surface area contributed by atoms with Crippen LogP contribution in [0, 0.1) is 6.92 Å². The first-order chi connectivity index (χ1) is 13.3. The Kier molecular flexibility index (Phi) is 4.98. The van der Waals surface area contributed by atoms with Gasteiger partial charge < -0.3 is 9.15 Å². The zero-order chi connectivity index (χ0) is 18.6. The van der Waals surface area contributed by atoms with Crippen LogP contribution in [0.5, 0.6) is 5.75 Å². The van der Waals surface area contributed by atoms with Crippen molar-refractivity contribution in [3.05, 3.63) is 78.1 Å². The van der Waals surface area contributed by atoms with Gasteiger partial charge in [-0.15, -0.1) is 10.2 Å². The van der Waals surface area contributed by atoms with Gasteiger partial charge in [-0.25, -0.2) is 0 Å². The number of hydrogen-bond donors (Lipinski definition) is 0. The number of rotatable bonds is 6. The lowest BCUT2D eigenvalue weighted by Crippen LogP contribution is -2.01. The summed E-state index contributed by atoms with van der Waals surface area (Å²) in [5.74, 6) is 3.01. The first-order valence-electron chi connectivity index (χ1n) is 8.57. The Bertz CT molecular complexity index is 1040. The number of furan rings is 1. The third-order valence-electron chi connectivity index (χ3n) is 4.23. The molecular formula is C21H19N3O2S. The standard InChI is InChI=1S/C21H19N3O2S/c1-15-7-3-4-10-18(15)24-20(19-11-6-12-26-19)22-23-21(24)27-14-16-8-5-9-17(13-16)25-2/h3-13H,14H2,1-2H3. The molecular weight excluding hydrogens is 358 g/mol. The maximum absolute atomic E-state index is 5.58. The SMILES string of the molecule is COc1cccc(CSc2nnc(-c3ccco3)n2-c2ccccc2C)c1. The Morgan fingerprint density at radius 1 is 1.04 bits per heavy atom. The van der Waals surface area contributed by atoms with E-state index in [1.165, 1.54) is 5.56 Å². The van der Waals surface area contributed by atoms with E-state index in [0.717, 1.165) is 27.9 Å². The fourth-order valence-electron chi connectivity index (χ4n) is 2.87. The highest BCUT2D eigenvalue weighted by atomic mass is 32.2. The first-order valence-corrected chi connectivity index (χ1v) is 9.56. The topological polar surface area (TPSA) is 53.1 Å². The van der Waals surface area contributed by atoms with Gasteiger partial charge in [0.05, 0.1) is 19.1 Å². The summed E-state index contributed by atoms with van der Waals surface area (Å²) in [5.41, 5.74) is 3.36. The van der Waals surface area contributed by atoms with Crippen LogP contribution in [0.15, 0.2) is 76.5 Å². The van der Waals surface area contributed by atoms with Crippen molar-refractivity contribution in [2.45, 2.75) is 17.8 Å². The summed E-state index contributed by atoms with van der Waals surface area (Å²) in [5, 5.41) is 9.65. The van der Waals surface area contributed by atoms with Gasteiger partial charge in [0.1, 0.15) is 5.75 Å². The molecule has 0 atom stereocenters. The molecule has 2 aromatic heterocycles. The van der Waals surface area contributed by atoms with Gasteiger partial charge in [-0.1, -0.05) is 42.1 Å². The van der Waals surface area contributed by atoms with Gasteiger partial charge in [0.15, 0.2) is 10.9 Å². The first kappa shape index (κ1) is 17.4. The van der Waals surface area contributed by atoms with E-state index >= 15 is 0 Å². The molecule has 27 heavy (non-hydrogen) atoms. The van der Waals surface area contributed by atoms with E-state index in [4.69, 9.17) is 9.15 Å². The van der Waals surface area contributed by atoms with Crippen LogP contribution >= 0.6 is 11.8 Å². The molecule has 0 spiro atoms. The molecule has 0 fully saturated rings. The second-order valence-electron chi connectivity index (χ2n) is 6.05. The predicted molar refractivity (Wildman–Crippen MR) is 106 cm³/mol. The van der Waals surface area contributed by atoms with Crippen molar-refractivity contribution in [3.8, 4) is 23.0 Å². The smallest absolute Gasteiger partial charge is 0.205 e. The molecule has 0 saturated heterocycles. The van der Waals surface area contributed by atoms with Crippen molar-refractivity contribution in [1.29, 1.82) is 0 Å². The fraction of sp³-hybridized carbons (Fsp3) is 0.143. The molecule has 0 saturated carbocycles. The predicted octanol–water partition coefficient (Wildman–Crippen LogP) is 5.14. The Hall–Kier alpha value is -2.99. The molecule has 0 aliphatic carbocycles. The molecule has 4 aromatic rings. The van der Waals surface area contributed by atoms with Crippen molar-refractivity contribution in [1.82, 2.24) is 14.8 Å². The Balaban J connectivity index is 1.71. The molecule has 0 bridgehead atoms. The highest BCUT2D eigenvalue weighted by Crippen LogP contribution is 2.31. The minimum atomic E-state index is 0.694. The van der Waals surface area contributed by atoms with E-state index in [9.17, 15) is 0 Å². The lowest BCUT2D eigenvalue weighted by molar-refractivity contribution is 0.414. The zero-order valence-electron chi connectivity index (χ0n) is 15.1. The molecule has 2 aromatic carbocycles. The van der Waals surface area contributed by atoms with Crippen LogP contribution in [-0.2, 0) is 5.75 Å². The quantitative estimate of drug-likeness (QED) is 0.436. The van der Waals surface area contributed by atoms with Crippen molar-refractivity contribution in [3.63, 3.8) is 0 Å². The summed E-state index contributed by atoms with van der Waals surface area (Å²) >= 11 is 1.63. The van der Waals surface area contributed by atoms with Crippen molar-refractivity contribution >= 4 is 11.8 Å². The number of aryl methyl sites for hydroxylation is 1. The molecule has 5 nitrogen and oxygen atoms in total. The Morgan fingerprint density at radius 2 is 1.93 bits per heavy atom. The third kappa shape index (κ3) is 3.61. The second kappa shape index (κ2) is 7.72. The normalized spacial score (nSPS) is 10.9. The lowest BCUT2D eigenvalue weighted by Gasteiger charge is -2.12. The molecule has 136 valence electrons. The molecule has 0 aliphatic rings. The van der Waals surface area contributed by atoms with Crippen molar-refractivity contribution in [2.75, 3.05) is 7.11 Å². The highest BCUT2D eigenvalue weighted by molar-refractivity contribution is 7.98. The van der Waals surface area contributed by atoms with Crippen molar-refractivity contribution < 1.29 is 9.15 Å². The summed E-state index contributed by atoms with van der Waals surface area (Å²) in [6.07, 6.45) is 1.65. The molecule has 0 radical (unpaired) electrons. The van der Waals surface area contributed by atoms with Gasteiger partial charge in [-0.05, 0) is 48.4 Å².